The summed E-state index contributed by atoms with van der Waals surface area (Å²) >= 11 is 0. The Morgan fingerprint density at radius 2 is 1.41 bits per heavy atom. The molecule has 0 aliphatic carbocycles. The quantitative estimate of drug-likeness (QED) is 0.191. The molecule has 2 aromatic carbocycles. The summed E-state index contributed by atoms with van der Waals surface area (Å²) in [6.07, 6.45) is 0. The zero-order chi connectivity index (χ0) is 20.0. The molecule has 0 unspecified atom stereocenters. The summed E-state index contributed by atoms with van der Waals surface area (Å²) in [7, 11) is 1.64. The Morgan fingerprint density at radius 1 is 0.926 bits per heavy atom. The SMILES string of the molecule is C=C=C=C(C(C)=O)C(=O)Oc1ccc(C(C)(C)c2ccc(OC)cc2)cc1. The van der Waals surface area contributed by atoms with Crippen LogP contribution in [0.4, 0.5) is 0 Å². The molecular formula is C23H22O4. The van der Waals surface area contributed by atoms with E-state index in [1.165, 1.54) is 6.92 Å². The van der Waals surface area contributed by atoms with Crippen LogP contribution in [0.3, 0.4) is 0 Å². The fourth-order valence-corrected chi connectivity index (χ4v) is 2.64. The average molecular weight is 362 g/mol. The molecule has 0 aliphatic rings. The second-order valence-electron chi connectivity index (χ2n) is 6.50. The van der Waals surface area contributed by atoms with E-state index in [0.29, 0.717) is 5.75 Å². The first-order chi connectivity index (χ1) is 12.8. The van der Waals surface area contributed by atoms with Crippen LogP contribution in [0.1, 0.15) is 31.9 Å². The molecule has 0 saturated carbocycles. The number of benzene rings is 2. The maximum absolute atomic E-state index is 12.1. The molecule has 0 atom stereocenters. The number of hydrogen-bond acceptors (Lipinski definition) is 4. The standard InChI is InChI=1S/C23H22O4/c1-6-7-21(16(2)24)22(25)27-20-14-10-18(11-15-20)23(3,4)17-8-12-19(26-5)13-9-17/h8-15H,1H2,2-5H3. The van der Waals surface area contributed by atoms with E-state index in [4.69, 9.17) is 9.47 Å². The maximum atomic E-state index is 12.1. The van der Waals surface area contributed by atoms with Crippen LogP contribution in [-0.2, 0) is 15.0 Å². The van der Waals surface area contributed by atoms with Crippen molar-refractivity contribution in [2.75, 3.05) is 7.11 Å². The number of hydrogen-bond donors (Lipinski definition) is 0. The number of esters is 1. The molecule has 0 heterocycles. The lowest BCUT2D eigenvalue weighted by Gasteiger charge is -2.26. The van der Waals surface area contributed by atoms with E-state index in [9.17, 15) is 9.59 Å². The predicted molar refractivity (Wildman–Crippen MR) is 104 cm³/mol. The van der Waals surface area contributed by atoms with Crippen LogP contribution in [0.5, 0.6) is 11.5 Å². The van der Waals surface area contributed by atoms with Gasteiger partial charge in [-0.1, -0.05) is 49.6 Å². The first-order valence-corrected chi connectivity index (χ1v) is 8.43. The minimum absolute atomic E-state index is 0.215. The van der Waals surface area contributed by atoms with Gasteiger partial charge in [0, 0.05) is 12.3 Å². The Kier molecular flexibility index (Phi) is 6.20. The van der Waals surface area contributed by atoms with Gasteiger partial charge in [0.2, 0.25) is 0 Å². The van der Waals surface area contributed by atoms with Gasteiger partial charge in [0.1, 0.15) is 11.5 Å². The van der Waals surface area contributed by atoms with E-state index >= 15 is 0 Å². The second-order valence-corrected chi connectivity index (χ2v) is 6.50. The van der Waals surface area contributed by atoms with Gasteiger partial charge in [-0.2, -0.15) is 0 Å². The molecule has 0 radical (unpaired) electrons. The Morgan fingerprint density at radius 3 is 1.81 bits per heavy atom. The molecule has 0 amide bonds. The summed E-state index contributed by atoms with van der Waals surface area (Å²) in [5.41, 5.74) is 6.42. The largest absolute Gasteiger partial charge is 0.497 e. The first-order valence-electron chi connectivity index (χ1n) is 8.43. The zero-order valence-electron chi connectivity index (χ0n) is 16.0. The third-order valence-corrected chi connectivity index (χ3v) is 4.37. The van der Waals surface area contributed by atoms with Gasteiger partial charge in [-0.3, -0.25) is 4.79 Å². The highest BCUT2D eigenvalue weighted by atomic mass is 16.5. The van der Waals surface area contributed by atoms with Crippen LogP contribution in [-0.4, -0.2) is 18.9 Å². The molecule has 2 rings (SSSR count). The molecule has 4 nitrogen and oxygen atoms in total. The van der Waals surface area contributed by atoms with E-state index in [2.05, 4.69) is 31.9 Å². The van der Waals surface area contributed by atoms with Crippen molar-refractivity contribution in [1.82, 2.24) is 0 Å². The Labute approximate surface area is 159 Å². The summed E-state index contributed by atoms with van der Waals surface area (Å²) in [4.78, 5) is 23.6. The summed E-state index contributed by atoms with van der Waals surface area (Å²) in [5.74, 6) is -0.0761. The highest BCUT2D eigenvalue weighted by Crippen LogP contribution is 2.33. The Bertz CT molecular complexity index is 921. The smallest absolute Gasteiger partial charge is 0.355 e. The topological polar surface area (TPSA) is 52.6 Å². The lowest BCUT2D eigenvalue weighted by molar-refractivity contribution is -0.132. The second kappa shape index (κ2) is 8.37. The lowest BCUT2D eigenvalue weighted by Crippen LogP contribution is -2.19. The van der Waals surface area contributed by atoms with Crippen molar-refractivity contribution in [1.29, 1.82) is 0 Å². The number of rotatable bonds is 6. The van der Waals surface area contributed by atoms with Crippen LogP contribution in [0.25, 0.3) is 0 Å². The fourth-order valence-electron chi connectivity index (χ4n) is 2.64. The minimum atomic E-state index is -0.777. The van der Waals surface area contributed by atoms with Crippen molar-refractivity contribution in [2.24, 2.45) is 0 Å². The number of carbonyl (C=O) groups excluding carboxylic acids is 2. The molecule has 0 bridgehead atoms. The summed E-state index contributed by atoms with van der Waals surface area (Å²) in [6, 6.07) is 15.1. The van der Waals surface area contributed by atoms with Crippen molar-refractivity contribution in [2.45, 2.75) is 26.2 Å². The highest BCUT2D eigenvalue weighted by molar-refractivity contribution is 6.16. The van der Waals surface area contributed by atoms with Gasteiger partial charge < -0.3 is 9.47 Å². The molecule has 0 fully saturated rings. The summed E-state index contributed by atoms with van der Waals surface area (Å²) < 4.78 is 10.5. The van der Waals surface area contributed by atoms with E-state index in [1.807, 2.05) is 36.4 Å². The number of carbonyl (C=O) groups is 2. The predicted octanol–water partition coefficient (Wildman–Crippen LogP) is 4.38. The number of Topliss-reactive ketones (excluding diaryl/α,β-unsaturated/α-hetero) is 1. The highest BCUT2D eigenvalue weighted by Gasteiger charge is 2.23. The first kappa shape index (κ1) is 20.0. The molecule has 0 N–H and O–H groups in total. The molecule has 4 heteroatoms. The normalized spacial score (nSPS) is 10.4. The van der Waals surface area contributed by atoms with E-state index in [-0.39, 0.29) is 11.0 Å². The molecule has 138 valence electrons. The van der Waals surface area contributed by atoms with Crippen molar-refractivity contribution in [3.8, 4) is 11.5 Å². The van der Waals surface area contributed by atoms with Gasteiger partial charge in [-0.25, -0.2) is 4.79 Å². The summed E-state index contributed by atoms with van der Waals surface area (Å²) in [5, 5.41) is 0. The van der Waals surface area contributed by atoms with Crippen LogP contribution >= 0.6 is 0 Å². The zero-order valence-corrected chi connectivity index (χ0v) is 16.0. The van der Waals surface area contributed by atoms with Gasteiger partial charge in [0.25, 0.3) is 0 Å². The minimum Gasteiger partial charge on any atom is -0.497 e. The van der Waals surface area contributed by atoms with Crippen molar-refractivity contribution in [3.63, 3.8) is 0 Å². The van der Waals surface area contributed by atoms with Gasteiger partial charge in [-0.15, -0.1) is 0 Å². The Hall–Kier alpha value is -3.32. The molecule has 0 aliphatic heterocycles. The molecule has 0 aromatic heterocycles. The van der Waals surface area contributed by atoms with Gasteiger partial charge in [0.05, 0.1) is 7.11 Å². The van der Waals surface area contributed by atoms with E-state index in [1.54, 1.807) is 19.2 Å². The maximum Gasteiger partial charge on any atom is 0.355 e. The average Bonchev–Trinajstić information content (AvgIpc) is 2.66. The number of ether oxygens (including phenoxy) is 2. The van der Waals surface area contributed by atoms with Crippen LogP contribution < -0.4 is 9.47 Å². The molecule has 27 heavy (non-hydrogen) atoms. The van der Waals surface area contributed by atoms with Gasteiger partial charge in [0.15, 0.2) is 11.4 Å². The van der Waals surface area contributed by atoms with Crippen molar-refractivity contribution >= 4 is 11.8 Å². The van der Waals surface area contributed by atoms with Crippen LogP contribution in [0.15, 0.2) is 72.1 Å². The number of methoxy groups -OCH3 is 1. The van der Waals surface area contributed by atoms with E-state index < -0.39 is 11.8 Å². The molecule has 0 saturated heterocycles. The number of ketones is 1. The lowest BCUT2D eigenvalue weighted by atomic mass is 9.78. The molecular weight excluding hydrogens is 340 g/mol. The van der Waals surface area contributed by atoms with Gasteiger partial charge in [-0.05, 0) is 42.0 Å². The van der Waals surface area contributed by atoms with Crippen LogP contribution in [0.2, 0.25) is 0 Å². The summed E-state index contributed by atoms with van der Waals surface area (Å²) in [6.45, 7) is 8.82. The van der Waals surface area contributed by atoms with Crippen molar-refractivity contribution in [3.05, 3.63) is 83.3 Å². The third kappa shape index (κ3) is 4.65. The third-order valence-electron chi connectivity index (χ3n) is 4.37. The molecule has 0 spiro atoms. The van der Waals surface area contributed by atoms with E-state index in [0.717, 1.165) is 16.9 Å². The van der Waals surface area contributed by atoms with Crippen molar-refractivity contribution < 1.29 is 19.1 Å². The Balaban J connectivity index is 2.23. The molecule has 2 aromatic rings. The van der Waals surface area contributed by atoms with Gasteiger partial charge >= 0.3 is 5.97 Å². The fraction of sp³-hybridized carbons (Fsp3) is 0.217. The monoisotopic (exact) mass is 362 g/mol. The van der Waals surface area contributed by atoms with Crippen LogP contribution in [0, 0.1) is 0 Å².